The second-order valence-corrected chi connectivity index (χ2v) is 7.80. The summed E-state index contributed by atoms with van der Waals surface area (Å²) >= 11 is 0. The highest BCUT2D eigenvalue weighted by Gasteiger charge is 2.43. The molecular formula is C27H28F7NO4. The van der Waals surface area contributed by atoms with E-state index in [1.165, 1.54) is 42.5 Å². The standard InChI is InChI=1S/C15H12F3NO2.C8H6F4O.C4H10O/c16-15(17,18)21-11-4-1-3-10(9-11)12-5-2-6-13-14(12)20-8-7-19-13;9-7(10)8(11,12)13-6-4-2-1-3-5-6;1-3-4-5-2/h1-6,9,19H,7-8H2;1-5,7H;3-4H2,1-2H3. The van der Waals surface area contributed by atoms with Gasteiger partial charge in [-0.15, -0.1) is 13.2 Å². The van der Waals surface area contributed by atoms with E-state index >= 15 is 0 Å². The zero-order chi connectivity index (χ0) is 28.9. The van der Waals surface area contributed by atoms with E-state index in [2.05, 4.69) is 21.7 Å². The Morgan fingerprint density at radius 1 is 0.872 bits per heavy atom. The fourth-order valence-electron chi connectivity index (χ4n) is 3.15. The number of anilines is 1. The highest BCUT2D eigenvalue weighted by molar-refractivity contribution is 5.79. The molecule has 12 heteroatoms. The molecule has 0 unspecified atom stereocenters. The van der Waals surface area contributed by atoms with E-state index in [-0.39, 0.29) is 11.5 Å². The Labute approximate surface area is 221 Å². The maximum Gasteiger partial charge on any atom is 0.573 e. The van der Waals surface area contributed by atoms with E-state index in [9.17, 15) is 30.7 Å². The number of nitrogens with one attached hydrogen (secondary N) is 1. The molecule has 1 heterocycles. The molecule has 3 aromatic carbocycles. The van der Waals surface area contributed by atoms with E-state index < -0.39 is 18.9 Å². The second-order valence-electron chi connectivity index (χ2n) is 7.80. The molecule has 3 aromatic rings. The number of rotatable bonds is 7. The molecule has 0 bridgehead atoms. The lowest BCUT2D eigenvalue weighted by Crippen LogP contribution is -2.33. The zero-order valence-corrected chi connectivity index (χ0v) is 21.1. The summed E-state index contributed by atoms with van der Waals surface area (Å²) in [5.41, 5.74) is 2.17. The number of para-hydroxylation sites is 2. The monoisotopic (exact) mass is 563 g/mol. The average molecular weight is 564 g/mol. The largest absolute Gasteiger partial charge is 0.573 e. The maximum atomic E-state index is 12.3. The van der Waals surface area contributed by atoms with Crippen LogP contribution in [0.2, 0.25) is 0 Å². The average Bonchev–Trinajstić information content (AvgIpc) is 2.89. The van der Waals surface area contributed by atoms with Crippen molar-refractivity contribution in [3.63, 3.8) is 0 Å². The molecule has 5 nitrogen and oxygen atoms in total. The lowest BCUT2D eigenvalue weighted by atomic mass is 10.0. The Balaban J connectivity index is 0.000000253. The van der Waals surface area contributed by atoms with Crippen LogP contribution in [0.25, 0.3) is 11.1 Å². The van der Waals surface area contributed by atoms with Crippen LogP contribution in [0.15, 0.2) is 72.8 Å². The molecule has 0 saturated heterocycles. The van der Waals surface area contributed by atoms with Crippen molar-refractivity contribution in [1.82, 2.24) is 0 Å². The minimum absolute atomic E-state index is 0.249. The van der Waals surface area contributed by atoms with Gasteiger partial charge >= 0.3 is 18.9 Å². The van der Waals surface area contributed by atoms with Crippen molar-refractivity contribution in [3.8, 4) is 28.4 Å². The van der Waals surface area contributed by atoms with E-state index in [0.717, 1.165) is 24.3 Å². The number of alkyl halides is 7. The minimum Gasteiger partial charge on any atom is -0.489 e. The molecular weight excluding hydrogens is 535 g/mol. The predicted octanol–water partition coefficient (Wildman–Crippen LogP) is 8.02. The highest BCUT2D eigenvalue weighted by Crippen LogP contribution is 2.39. The molecule has 39 heavy (non-hydrogen) atoms. The molecule has 1 aliphatic heterocycles. The third kappa shape index (κ3) is 10.9. The Morgan fingerprint density at radius 3 is 2.13 bits per heavy atom. The molecule has 0 aliphatic carbocycles. The maximum absolute atomic E-state index is 12.3. The first-order valence-corrected chi connectivity index (χ1v) is 11.7. The van der Waals surface area contributed by atoms with Gasteiger partial charge in [0.2, 0.25) is 0 Å². The second kappa shape index (κ2) is 15.1. The van der Waals surface area contributed by atoms with Crippen molar-refractivity contribution in [2.24, 2.45) is 0 Å². The number of hydrogen-bond donors (Lipinski definition) is 1. The van der Waals surface area contributed by atoms with Crippen LogP contribution < -0.4 is 19.5 Å². The quantitative estimate of drug-likeness (QED) is 0.295. The van der Waals surface area contributed by atoms with Crippen LogP contribution in [0, 0.1) is 0 Å². The number of hydrogen-bond acceptors (Lipinski definition) is 5. The fourth-order valence-corrected chi connectivity index (χ4v) is 3.15. The molecule has 0 saturated carbocycles. The molecule has 0 amide bonds. The van der Waals surface area contributed by atoms with Gasteiger partial charge in [-0.25, -0.2) is 0 Å². The van der Waals surface area contributed by atoms with E-state index in [1.54, 1.807) is 25.3 Å². The first kappa shape index (κ1) is 31.5. The number of fused-ring (bicyclic) bond motifs is 1. The van der Waals surface area contributed by atoms with E-state index in [0.29, 0.717) is 24.5 Å². The van der Waals surface area contributed by atoms with Crippen molar-refractivity contribution >= 4 is 5.69 Å². The SMILES string of the molecule is CCCOC.FC(F)(F)Oc1cccc(-c2cccc3c2OCCN3)c1.FC(F)C(F)(F)Oc1ccccc1. The van der Waals surface area contributed by atoms with Gasteiger partial charge in [0, 0.05) is 25.8 Å². The third-order valence-electron chi connectivity index (χ3n) is 4.72. The molecule has 0 fully saturated rings. The minimum atomic E-state index is -4.70. The summed E-state index contributed by atoms with van der Waals surface area (Å²) in [5, 5.41) is 3.19. The summed E-state index contributed by atoms with van der Waals surface area (Å²) in [5.74, 6) is 0.113. The van der Waals surface area contributed by atoms with Crippen LogP contribution in [0.5, 0.6) is 17.2 Å². The van der Waals surface area contributed by atoms with Gasteiger partial charge in [0.15, 0.2) is 0 Å². The van der Waals surface area contributed by atoms with Crippen molar-refractivity contribution < 1.29 is 49.7 Å². The molecule has 0 atom stereocenters. The summed E-state index contributed by atoms with van der Waals surface area (Å²) < 4.78 is 103. The van der Waals surface area contributed by atoms with Gasteiger partial charge in [-0.3, -0.25) is 0 Å². The Hall–Kier alpha value is -3.67. The van der Waals surface area contributed by atoms with Crippen molar-refractivity contribution in [2.75, 3.05) is 32.2 Å². The van der Waals surface area contributed by atoms with Gasteiger partial charge in [-0.1, -0.05) is 49.4 Å². The van der Waals surface area contributed by atoms with Gasteiger partial charge in [0.05, 0.1) is 5.69 Å². The molecule has 4 rings (SSSR count). The number of ether oxygens (including phenoxy) is 4. The number of benzene rings is 3. The van der Waals surface area contributed by atoms with Crippen molar-refractivity contribution in [1.29, 1.82) is 0 Å². The first-order chi connectivity index (χ1) is 18.5. The third-order valence-corrected chi connectivity index (χ3v) is 4.72. The molecule has 0 spiro atoms. The van der Waals surface area contributed by atoms with Crippen LogP contribution in [0.1, 0.15) is 13.3 Å². The Bertz CT molecular complexity index is 1130. The van der Waals surface area contributed by atoms with Crippen molar-refractivity contribution in [2.45, 2.75) is 32.2 Å². The Morgan fingerprint density at radius 2 is 1.54 bits per heavy atom. The van der Waals surface area contributed by atoms with Gasteiger partial charge in [-0.2, -0.15) is 17.6 Å². The lowest BCUT2D eigenvalue weighted by Gasteiger charge is -2.22. The molecule has 214 valence electrons. The summed E-state index contributed by atoms with van der Waals surface area (Å²) in [7, 11) is 1.71. The summed E-state index contributed by atoms with van der Waals surface area (Å²) in [4.78, 5) is 0. The van der Waals surface area contributed by atoms with E-state index in [4.69, 9.17) is 9.47 Å². The zero-order valence-electron chi connectivity index (χ0n) is 21.1. The van der Waals surface area contributed by atoms with Gasteiger partial charge in [0.1, 0.15) is 23.9 Å². The van der Waals surface area contributed by atoms with Crippen LogP contribution >= 0.6 is 0 Å². The van der Waals surface area contributed by atoms with Crippen molar-refractivity contribution in [3.05, 3.63) is 72.8 Å². The highest BCUT2D eigenvalue weighted by atomic mass is 19.4. The van der Waals surface area contributed by atoms with Gasteiger partial charge in [0.25, 0.3) is 0 Å². The summed E-state index contributed by atoms with van der Waals surface area (Å²) in [6.07, 6.45) is -11.8. The van der Waals surface area contributed by atoms with Gasteiger partial charge < -0.3 is 24.3 Å². The Kier molecular flexibility index (Phi) is 12.2. The van der Waals surface area contributed by atoms with E-state index in [1.807, 2.05) is 12.1 Å². The topological polar surface area (TPSA) is 49.0 Å². The van der Waals surface area contributed by atoms with Gasteiger partial charge in [-0.05, 0) is 42.3 Å². The predicted molar refractivity (Wildman–Crippen MR) is 133 cm³/mol. The van der Waals surface area contributed by atoms with Crippen LogP contribution in [0.3, 0.4) is 0 Å². The van der Waals surface area contributed by atoms with Crippen LogP contribution in [-0.4, -0.2) is 45.8 Å². The fraction of sp³-hybridized carbons (Fsp3) is 0.333. The summed E-state index contributed by atoms with van der Waals surface area (Å²) in [6, 6.07) is 18.1. The summed E-state index contributed by atoms with van der Waals surface area (Å²) in [6.45, 7) is 4.19. The first-order valence-electron chi connectivity index (χ1n) is 11.7. The number of halogens is 7. The molecule has 1 aliphatic rings. The van der Waals surface area contributed by atoms with Crippen LogP contribution in [0.4, 0.5) is 36.4 Å². The lowest BCUT2D eigenvalue weighted by molar-refractivity contribution is -0.274. The molecule has 0 aromatic heterocycles. The smallest absolute Gasteiger partial charge is 0.489 e. The normalized spacial score (nSPS) is 12.5. The molecule has 0 radical (unpaired) electrons. The molecule has 1 N–H and O–H groups in total. The van der Waals surface area contributed by atoms with Crippen LogP contribution in [-0.2, 0) is 4.74 Å². The number of methoxy groups -OCH3 is 1.